The summed E-state index contributed by atoms with van der Waals surface area (Å²) in [4.78, 5) is 4.34. The van der Waals surface area contributed by atoms with Gasteiger partial charge in [-0.15, -0.1) is 10.2 Å². The molecule has 1 atom stereocenters. The summed E-state index contributed by atoms with van der Waals surface area (Å²) in [5.41, 5.74) is 0.836. The maximum absolute atomic E-state index is 5.19. The van der Waals surface area contributed by atoms with Crippen LogP contribution >= 0.6 is 0 Å². The van der Waals surface area contributed by atoms with Crippen LogP contribution in [-0.2, 0) is 6.54 Å². The number of fused-ring (bicyclic) bond motifs is 1. The quantitative estimate of drug-likeness (QED) is 0.773. The van der Waals surface area contributed by atoms with Crippen LogP contribution in [0.5, 0.6) is 0 Å². The number of rotatable bonds is 5. The summed E-state index contributed by atoms with van der Waals surface area (Å²) in [6.45, 7) is 6.61. The predicted octanol–water partition coefficient (Wildman–Crippen LogP) is 2.09. The largest absolute Gasteiger partial charge is 0.339 e. The molecule has 0 radical (unpaired) electrons. The molecule has 3 aromatic rings. The Kier molecular flexibility index (Phi) is 3.66. The van der Waals surface area contributed by atoms with Crippen molar-refractivity contribution < 1.29 is 4.52 Å². The Morgan fingerprint density at radius 2 is 2.10 bits per heavy atom. The molecule has 3 rings (SSSR count). The van der Waals surface area contributed by atoms with E-state index < -0.39 is 0 Å². The van der Waals surface area contributed by atoms with Crippen LogP contribution < -0.4 is 5.32 Å². The van der Waals surface area contributed by atoms with Gasteiger partial charge >= 0.3 is 0 Å². The van der Waals surface area contributed by atoms with Gasteiger partial charge in [-0.05, 0) is 19.1 Å². The van der Waals surface area contributed by atoms with Crippen LogP contribution in [0.15, 0.2) is 28.9 Å². The van der Waals surface area contributed by atoms with Gasteiger partial charge in [0, 0.05) is 12.1 Å². The third-order valence-electron chi connectivity index (χ3n) is 3.27. The Morgan fingerprint density at radius 1 is 1.24 bits per heavy atom. The fourth-order valence-electron chi connectivity index (χ4n) is 2.06. The average molecular weight is 286 g/mol. The van der Waals surface area contributed by atoms with Gasteiger partial charge < -0.3 is 9.84 Å². The summed E-state index contributed by atoms with van der Waals surface area (Å²) in [5, 5.41) is 15.7. The third-order valence-corrected chi connectivity index (χ3v) is 3.27. The van der Waals surface area contributed by atoms with Crippen molar-refractivity contribution in [3.05, 3.63) is 41.9 Å². The lowest BCUT2D eigenvalue weighted by atomic mass is 10.2. The highest BCUT2D eigenvalue weighted by molar-refractivity contribution is 5.37. The van der Waals surface area contributed by atoms with Crippen LogP contribution in [0, 0.1) is 0 Å². The van der Waals surface area contributed by atoms with E-state index in [1.54, 1.807) is 0 Å². The molecule has 0 aliphatic heterocycles. The first-order valence-corrected chi connectivity index (χ1v) is 7.00. The fourth-order valence-corrected chi connectivity index (χ4v) is 2.06. The van der Waals surface area contributed by atoms with E-state index in [1.807, 2.05) is 49.6 Å². The molecule has 0 spiro atoms. The number of hydrogen-bond donors (Lipinski definition) is 1. The molecule has 0 amide bonds. The smallest absolute Gasteiger partial charge is 0.229 e. The normalized spacial score (nSPS) is 13.1. The monoisotopic (exact) mass is 286 g/mol. The van der Waals surface area contributed by atoms with Gasteiger partial charge in [-0.2, -0.15) is 4.98 Å². The van der Waals surface area contributed by atoms with Crippen molar-refractivity contribution in [3.8, 4) is 0 Å². The van der Waals surface area contributed by atoms with E-state index in [4.69, 9.17) is 4.52 Å². The lowest BCUT2D eigenvalue weighted by Gasteiger charge is -2.10. The van der Waals surface area contributed by atoms with Crippen molar-refractivity contribution in [2.45, 2.75) is 39.3 Å². The number of hydrogen-bond acceptors (Lipinski definition) is 6. The van der Waals surface area contributed by atoms with Gasteiger partial charge in [0.2, 0.25) is 5.89 Å². The topological polar surface area (TPSA) is 81.1 Å². The minimum absolute atomic E-state index is 0.0309. The van der Waals surface area contributed by atoms with Gasteiger partial charge in [0.1, 0.15) is 0 Å². The van der Waals surface area contributed by atoms with E-state index in [0.29, 0.717) is 18.3 Å². The van der Waals surface area contributed by atoms with Gasteiger partial charge in [0.05, 0.1) is 12.6 Å². The van der Waals surface area contributed by atoms with E-state index >= 15 is 0 Å². The molecule has 7 heteroatoms. The second-order valence-electron chi connectivity index (χ2n) is 5.29. The number of pyridine rings is 1. The molecule has 0 bridgehead atoms. The molecule has 1 N–H and O–H groups in total. The summed E-state index contributed by atoms with van der Waals surface area (Å²) in [6, 6.07) is 5.86. The molecular formula is C14H18N6O. The zero-order valence-electron chi connectivity index (χ0n) is 12.3. The zero-order chi connectivity index (χ0) is 14.8. The molecule has 7 nitrogen and oxygen atoms in total. The molecule has 3 heterocycles. The molecular weight excluding hydrogens is 268 g/mol. The molecule has 0 aliphatic carbocycles. The van der Waals surface area contributed by atoms with Crippen LogP contribution in [0.4, 0.5) is 0 Å². The minimum atomic E-state index is 0.0309. The molecule has 0 fully saturated rings. The van der Waals surface area contributed by atoms with Crippen molar-refractivity contribution in [1.29, 1.82) is 0 Å². The van der Waals surface area contributed by atoms with Crippen molar-refractivity contribution in [3.63, 3.8) is 0 Å². The standard InChI is InChI=1S/C14H18N6O/c1-9(2)14-16-11(19-21-14)8-15-10(3)13-18-17-12-6-4-5-7-20(12)13/h4-7,9-10,15H,8H2,1-3H3/t10-/m0/s1. The highest BCUT2D eigenvalue weighted by atomic mass is 16.5. The molecule has 0 unspecified atom stereocenters. The Bertz CT molecular complexity index is 732. The first kappa shape index (κ1) is 13.7. The van der Waals surface area contributed by atoms with Gasteiger partial charge in [-0.3, -0.25) is 4.40 Å². The number of nitrogens with zero attached hydrogens (tertiary/aromatic N) is 5. The van der Waals surface area contributed by atoms with Crippen molar-refractivity contribution in [2.75, 3.05) is 0 Å². The molecule has 3 aromatic heterocycles. The van der Waals surface area contributed by atoms with E-state index in [1.165, 1.54) is 0 Å². The van der Waals surface area contributed by atoms with E-state index in [-0.39, 0.29) is 12.0 Å². The lowest BCUT2D eigenvalue weighted by molar-refractivity contribution is 0.358. The molecule has 0 saturated heterocycles. The van der Waals surface area contributed by atoms with E-state index in [2.05, 4.69) is 25.7 Å². The summed E-state index contributed by atoms with van der Waals surface area (Å²) < 4.78 is 7.15. The first-order valence-electron chi connectivity index (χ1n) is 7.00. The van der Waals surface area contributed by atoms with Crippen molar-refractivity contribution >= 4 is 5.65 Å². The SMILES string of the molecule is CC(C)c1nc(CN[C@@H](C)c2nnc3ccccn23)no1. The summed E-state index contributed by atoms with van der Waals surface area (Å²) >= 11 is 0. The fraction of sp³-hybridized carbons (Fsp3) is 0.429. The van der Waals surface area contributed by atoms with Crippen molar-refractivity contribution in [2.24, 2.45) is 0 Å². The average Bonchev–Trinajstić information content (AvgIpc) is 3.11. The summed E-state index contributed by atoms with van der Waals surface area (Å²) in [5.74, 6) is 2.41. The van der Waals surface area contributed by atoms with E-state index in [9.17, 15) is 0 Å². The summed E-state index contributed by atoms with van der Waals surface area (Å²) in [6.07, 6.45) is 1.95. The second-order valence-corrected chi connectivity index (χ2v) is 5.29. The van der Waals surface area contributed by atoms with Gasteiger partial charge in [-0.25, -0.2) is 0 Å². The molecule has 0 saturated carbocycles. The van der Waals surface area contributed by atoms with Crippen LogP contribution in [0.2, 0.25) is 0 Å². The van der Waals surface area contributed by atoms with Crippen molar-refractivity contribution in [1.82, 2.24) is 30.1 Å². The zero-order valence-corrected chi connectivity index (χ0v) is 12.3. The third kappa shape index (κ3) is 2.78. The van der Waals surface area contributed by atoms with Gasteiger partial charge in [0.25, 0.3) is 0 Å². The number of aromatic nitrogens is 5. The Balaban J connectivity index is 1.69. The van der Waals surface area contributed by atoms with E-state index in [0.717, 1.165) is 11.5 Å². The van der Waals surface area contributed by atoms with Crippen LogP contribution in [-0.4, -0.2) is 24.7 Å². The van der Waals surface area contributed by atoms with Crippen LogP contribution in [0.1, 0.15) is 50.3 Å². The highest BCUT2D eigenvalue weighted by Crippen LogP contribution is 2.13. The highest BCUT2D eigenvalue weighted by Gasteiger charge is 2.15. The Morgan fingerprint density at radius 3 is 2.86 bits per heavy atom. The minimum Gasteiger partial charge on any atom is -0.339 e. The molecule has 0 aromatic carbocycles. The number of nitrogens with one attached hydrogen (secondary N) is 1. The molecule has 0 aliphatic rings. The Hall–Kier alpha value is -2.28. The lowest BCUT2D eigenvalue weighted by Crippen LogP contribution is -2.21. The summed E-state index contributed by atoms with van der Waals surface area (Å²) in [7, 11) is 0. The maximum atomic E-state index is 5.19. The Labute approximate surface area is 122 Å². The second kappa shape index (κ2) is 5.61. The van der Waals surface area contributed by atoms with Crippen LogP contribution in [0.25, 0.3) is 5.65 Å². The predicted molar refractivity (Wildman–Crippen MR) is 76.6 cm³/mol. The maximum Gasteiger partial charge on any atom is 0.229 e. The van der Waals surface area contributed by atoms with Crippen LogP contribution in [0.3, 0.4) is 0 Å². The molecule has 21 heavy (non-hydrogen) atoms. The van der Waals surface area contributed by atoms with Gasteiger partial charge in [0.15, 0.2) is 17.3 Å². The first-order chi connectivity index (χ1) is 10.1. The molecule has 110 valence electrons. The van der Waals surface area contributed by atoms with Gasteiger partial charge in [-0.1, -0.05) is 25.1 Å².